The van der Waals surface area contributed by atoms with Crippen LogP contribution in [0.25, 0.3) is 11.1 Å². The lowest BCUT2D eigenvalue weighted by Gasteiger charge is -2.18. The lowest BCUT2D eigenvalue weighted by atomic mass is 9.99. The van der Waals surface area contributed by atoms with Gasteiger partial charge < -0.3 is 10.6 Å². The Kier molecular flexibility index (Phi) is 4.85. The van der Waals surface area contributed by atoms with Crippen molar-refractivity contribution < 1.29 is 8.78 Å². The standard InChI is InChI=1S/C22H25F2N3/c1-3-16-9-17(12-26-16)27-13(2)18-10-21(24)19(11-20(18)23)15-6-7-25-22(8-15)14-4-5-14/h6-8,10-14,16,26-27H,3-5,9H2,1-2H3/t13?,16-/m0/s1. The van der Waals surface area contributed by atoms with Crippen LogP contribution in [0.1, 0.15) is 62.7 Å². The van der Waals surface area contributed by atoms with E-state index in [-0.39, 0.29) is 6.04 Å². The molecule has 0 spiro atoms. The second-order valence-electron chi connectivity index (χ2n) is 7.61. The summed E-state index contributed by atoms with van der Waals surface area (Å²) in [5, 5.41) is 6.59. The number of hydrogen-bond acceptors (Lipinski definition) is 3. The molecule has 1 aromatic carbocycles. The summed E-state index contributed by atoms with van der Waals surface area (Å²) in [6.07, 6.45) is 7.77. The third-order valence-electron chi connectivity index (χ3n) is 5.49. The number of nitrogens with one attached hydrogen (secondary N) is 2. The van der Waals surface area contributed by atoms with Gasteiger partial charge in [0.25, 0.3) is 0 Å². The first-order valence-electron chi connectivity index (χ1n) is 9.72. The van der Waals surface area contributed by atoms with E-state index in [2.05, 4.69) is 22.5 Å². The Morgan fingerprint density at radius 2 is 2.04 bits per heavy atom. The topological polar surface area (TPSA) is 37.0 Å². The maximum Gasteiger partial charge on any atom is 0.131 e. The highest BCUT2D eigenvalue weighted by molar-refractivity contribution is 5.65. The van der Waals surface area contributed by atoms with Gasteiger partial charge in [-0.25, -0.2) is 8.78 Å². The summed E-state index contributed by atoms with van der Waals surface area (Å²) < 4.78 is 29.6. The molecule has 1 fully saturated rings. The van der Waals surface area contributed by atoms with Crippen molar-refractivity contribution in [3.8, 4) is 11.1 Å². The first-order valence-corrected chi connectivity index (χ1v) is 9.72. The van der Waals surface area contributed by atoms with Gasteiger partial charge in [0.1, 0.15) is 11.6 Å². The van der Waals surface area contributed by atoms with E-state index in [1.54, 1.807) is 12.3 Å². The van der Waals surface area contributed by atoms with Crippen LogP contribution in [0.3, 0.4) is 0 Å². The molecule has 1 aliphatic carbocycles. The van der Waals surface area contributed by atoms with E-state index in [1.165, 1.54) is 12.1 Å². The molecule has 1 aromatic heterocycles. The summed E-state index contributed by atoms with van der Waals surface area (Å²) >= 11 is 0. The highest BCUT2D eigenvalue weighted by Crippen LogP contribution is 2.40. The Balaban J connectivity index is 1.56. The summed E-state index contributed by atoms with van der Waals surface area (Å²) in [7, 11) is 0. The van der Waals surface area contributed by atoms with E-state index in [0.29, 0.717) is 28.7 Å². The van der Waals surface area contributed by atoms with Crippen LogP contribution in [0, 0.1) is 11.6 Å². The molecule has 0 bridgehead atoms. The van der Waals surface area contributed by atoms with E-state index in [1.807, 2.05) is 19.2 Å². The van der Waals surface area contributed by atoms with Gasteiger partial charge in [-0.3, -0.25) is 4.98 Å². The van der Waals surface area contributed by atoms with Gasteiger partial charge in [-0.15, -0.1) is 0 Å². The van der Waals surface area contributed by atoms with Gasteiger partial charge in [-0.1, -0.05) is 6.92 Å². The largest absolute Gasteiger partial charge is 0.386 e. The molecule has 3 nitrogen and oxygen atoms in total. The van der Waals surface area contributed by atoms with Crippen molar-refractivity contribution in [1.82, 2.24) is 15.6 Å². The molecule has 1 saturated carbocycles. The average Bonchev–Trinajstić information content (AvgIpc) is 3.43. The maximum absolute atomic E-state index is 14.8. The van der Waals surface area contributed by atoms with Crippen LogP contribution in [0.5, 0.6) is 0 Å². The smallest absolute Gasteiger partial charge is 0.131 e. The van der Waals surface area contributed by atoms with E-state index >= 15 is 0 Å². The fourth-order valence-electron chi connectivity index (χ4n) is 3.65. The summed E-state index contributed by atoms with van der Waals surface area (Å²) in [4.78, 5) is 4.36. The van der Waals surface area contributed by atoms with Crippen molar-refractivity contribution in [3.63, 3.8) is 0 Å². The Labute approximate surface area is 158 Å². The highest BCUT2D eigenvalue weighted by Gasteiger charge is 2.25. The van der Waals surface area contributed by atoms with Crippen molar-refractivity contribution >= 4 is 0 Å². The van der Waals surface area contributed by atoms with Crippen LogP contribution in [-0.4, -0.2) is 11.0 Å². The zero-order valence-electron chi connectivity index (χ0n) is 15.7. The van der Waals surface area contributed by atoms with Gasteiger partial charge >= 0.3 is 0 Å². The van der Waals surface area contributed by atoms with Crippen LogP contribution >= 0.6 is 0 Å². The Morgan fingerprint density at radius 3 is 2.74 bits per heavy atom. The predicted octanol–water partition coefficient (Wildman–Crippen LogP) is 5.17. The lowest BCUT2D eigenvalue weighted by Crippen LogP contribution is -2.20. The zero-order valence-corrected chi connectivity index (χ0v) is 15.7. The van der Waals surface area contributed by atoms with E-state index in [0.717, 1.165) is 37.1 Å². The first-order chi connectivity index (χ1) is 13.0. The molecule has 0 radical (unpaired) electrons. The van der Waals surface area contributed by atoms with Crippen molar-refractivity contribution in [2.45, 2.75) is 57.5 Å². The number of benzene rings is 1. The fourth-order valence-corrected chi connectivity index (χ4v) is 3.65. The molecular weight excluding hydrogens is 344 g/mol. The predicted molar refractivity (Wildman–Crippen MR) is 103 cm³/mol. The summed E-state index contributed by atoms with van der Waals surface area (Å²) in [6, 6.07) is 6.36. The molecule has 142 valence electrons. The van der Waals surface area contributed by atoms with E-state index in [4.69, 9.17) is 0 Å². The molecular formula is C22H25F2N3. The molecule has 2 atom stereocenters. The van der Waals surface area contributed by atoms with Crippen molar-refractivity contribution in [1.29, 1.82) is 0 Å². The molecule has 5 heteroatoms. The quantitative estimate of drug-likeness (QED) is 0.738. The van der Waals surface area contributed by atoms with Crippen LogP contribution in [-0.2, 0) is 0 Å². The zero-order chi connectivity index (χ0) is 19.0. The van der Waals surface area contributed by atoms with Gasteiger partial charge in [0.2, 0.25) is 0 Å². The maximum atomic E-state index is 14.8. The Bertz CT molecular complexity index is 874. The van der Waals surface area contributed by atoms with Gasteiger partial charge in [0.05, 0.1) is 6.04 Å². The van der Waals surface area contributed by atoms with Gasteiger partial charge in [0.15, 0.2) is 0 Å². The molecule has 4 rings (SSSR count). The van der Waals surface area contributed by atoms with E-state index in [9.17, 15) is 8.78 Å². The SMILES string of the molecule is CC[C@H]1CC(NC(C)c2cc(F)c(-c3ccnc(C4CC4)c3)cc2F)=CN1. The third-order valence-corrected chi connectivity index (χ3v) is 5.49. The lowest BCUT2D eigenvalue weighted by molar-refractivity contribution is 0.535. The molecule has 2 heterocycles. The Morgan fingerprint density at radius 1 is 1.22 bits per heavy atom. The normalized spacial score (nSPS) is 20.1. The monoisotopic (exact) mass is 369 g/mol. The van der Waals surface area contributed by atoms with Crippen LogP contribution in [0.15, 0.2) is 42.4 Å². The second-order valence-corrected chi connectivity index (χ2v) is 7.61. The highest BCUT2D eigenvalue weighted by atomic mass is 19.1. The number of aromatic nitrogens is 1. The molecule has 2 aliphatic rings. The van der Waals surface area contributed by atoms with Crippen LogP contribution < -0.4 is 10.6 Å². The summed E-state index contributed by atoms with van der Waals surface area (Å²) in [5.74, 6) is -0.325. The fraction of sp³-hybridized carbons (Fsp3) is 0.409. The van der Waals surface area contributed by atoms with E-state index < -0.39 is 11.6 Å². The first kappa shape index (κ1) is 18.0. The minimum Gasteiger partial charge on any atom is -0.386 e. The number of halogens is 2. The Hall–Kier alpha value is -2.43. The van der Waals surface area contributed by atoms with Crippen molar-refractivity contribution in [2.24, 2.45) is 0 Å². The molecule has 27 heavy (non-hydrogen) atoms. The van der Waals surface area contributed by atoms with Crippen molar-refractivity contribution in [3.05, 3.63) is 65.3 Å². The van der Waals surface area contributed by atoms with Gasteiger partial charge in [-0.2, -0.15) is 0 Å². The van der Waals surface area contributed by atoms with Gasteiger partial charge in [0, 0.05) is 53.3 Å². The molecule has 0 amide bonds. The number of nitrogens with zero attached hydrogens (tertiary/aromatic N) is 1. The average molecular weight is 369 g/mol. The minimum atomic E-state index is -0.405. The molecule has 1 aliphatic heterocycles. The summed E-state index contributed by atoms with van der Waals surface area (Å²) in [6.45, 7) is 3.98. The van der Waals surface area contributed by atoms with Crippen LogP contribution in [0.2, 0.25) is 0 Å². The van der Waals surface area contributed by atoms with Crippen molar-refractivity contribution in [2.75, 3.05) is 0 Å². The second kappa shape index (κ2) is 7.29. The number of pyridine rings is 1. The molecule has 0 saturated heterocycles. The molecule has 1 unspecified atom stereocenters. The van der Waals surface area contributed by atoms with Gasteiger partial charge in [-0.05, 0) is 56.0 Å². The minimum absolute atomic E-state index is 0.292. The molecule has 2 aromatic rings. The third kappa shape index (κ3) is 3.82. The summed E-state index contributed by atoms with van der Waals surface area (Å²) in [5.41, 5.74) is 3.32. The molecule has 2 N–H and O–H groups in total. The number of rotatable bonds is 6. The number of hydrogen-bond donors (Lipinski definition) is 2. The van der Waals surface area contributed by atoms with Crippen LogP contribution in [0.4, 0.5) is 8.78 Å².